The normalized spacial score (nSPS) is 13.2. The molecule has 0 bridgehead atoms. The Morgan fingerprint density at radius 1 is 1.59 bits per heavy atom. The summed E-state index contributed by atoms with van der Waals surface area (Å²) in [6, 6.07) is 0. The number of carbonyl (C=O) groups is 1. The maximum Gasteiger partial charge on any atom is 0.407 e. The van der Waals surface area contributed by atoms with Crippen molar-refractivity contribution >= 4 is 6.09 Å². The first-order chi connectivity index (χ1) is 7.92. The molecule has 0 saturated carbocycles. The van der Waals surface area contributed by atoms with Crippen LogP contribution in [0.25, 0.3) is 0 Å². The van der Waals surface area contributed by atoms with E-state index in [0.29, 0.717) is 18.9 Å². The third kappa shape index (κ3) is 4.77. The third-order valence-corrected chi connectivity index (χ3v) is 1.90. The van der Waals surface area contributed by atoms with Gasteiger partial charge >= 0.3 is 6.09 Å². The summed E-state index contributed by atoms with van der Waals surface area (Å²) in [4.78, 5) is 11.4. The first kappa shape index (κ1) is 13.4. The highest BCUT2D eigenvalue weighted by Gasteiger charge is 2.19. The lowest BCUT2D eigenvalue weighted by Crippen LogP contribution is -2.36. The Hall–Kier alpha value is -1.70. The molecule has 4 N–H and O–H groups in total. The van der Waals surface area contributed by atoms with Gasteiger partial charge in [-0.15, -0.1) is 10.2 Å². The zero-order valence-corrected chi connectivity index (χ0v) is 10.2. The van der Waals surface area contributed by atoms with Gasteiger partial charge in [-0.25, -0.2) is 4.79 Å². The van der Waals surface area contributed by atoms with Crippen LogP contribution >= 0.6 is 0 Å². The number of H-pyrrole nitrogens is 1. The molecular weight excluding hydrogens is 224 g/mol. The number of alkyl carbamates (subject to hydrolysis) is 1. The number of tetrazole rings is 1. The van der Waals surface area contributed by atoms with Gasteiger partial charge in [-0.2, -0.15) is 5.21 Å². The molecular formula is C9H18N6O2. The van der Waals surface area contributed by atoms with Crippen LogP contribution in [0.4, 0.5) is 4.79 Å². The van der Waals surface area contributed by atoms with Crippen molar-refractivity contribution in [1.82, 2.24) is 25.9 Å². The number of nitrogens with two attached hydrogens (primary N) is 1. The first-order valence-electron chi connectivity index (χ1n) is 5.32. The maximum absolute atomic E-state index is 11.4. The summed E-state index contributed by atoms with van der Waals surface area (Å²) >= 11 is 0. The van der Waals surface area contributed by atoms with Crippen LogP contribution < -0.4 is 11.1 Å². The lowest BCUT2D eigenvalue weighted by molar-refractivity contribution is 0.0524. The third-order valence-electron chi connectivity index (χ3n) is 1.90. The molecule has 1 rings (SSSR count). The molecule has 0 saturated heterocycles. The van der Waals surface area contributed by atoms with Crippen LogP contribution in [0.3, 0.4) is 0 Å². The van der Waals surface area contributed by atoms with Crippen LogP contribution in [0, 0.1) is 0 Å². The molecule has 1 unspecified atom stereocenters. The number of aromatic amines is 1. The van der Waals surface area contributed by atoms with Crippen molar-refractivity contribution in [3.63, 3.8) is 0 Å². The Morgan fingerprint density at radius 3 is 2.76 bits per heavy atom. The molecule has 8 nitrogen and oxygen atoms in total. The van der Waals surface area contributed by atoms with Crippen LogP contribution in [0.5, 0.6) is 0 Å². The Balaban J connectivity index is 2.41. The van der Waals surface area contributed by atoms with Crippen molar-refractivity contribution in [2.75, 3.05) is 13.1 Å². The predicted molar refractivity (Wildman–Crippen MR) is 60.2 cm³/mol. The van der Waals surface area contributed by atoms with Crippen LogP contribution in [-0.2, 0) is 4.74 Å². The lowest BCUT2D eigenvalue weighted by atomic mass is 10.1. The summed E-state index contributed by atoms with van der Waals surface area (Å²) in [5.74, 6) is 0.296. The van der Waals surface area contributed by atoms with Crippen molar-refractivity contribution in [1.29, 1.82) is 0 Å². The van der Waals surface area contributed by atoms with Gasteiger partial charge in [0.05, 0.1) is 5.92 Å². The largest absolute Gasteiger partial charge is 0.444 e. The molecule has 8 heteroatoms. The molecule has 0 aromatic carbocycles. The smallest absolute Gasteiger partial charge is 0.407 e. The minimum Gasteiger partial charge on any atom is -0.444 e. The van der Waals surface area contributed by atoms with E-state index in [4.69, 9.17) is 10.5 Å². The molecule has 1 aromatic heterocycles. The number of aromatic nitrogens is 4. The van der Waals surface area contributed by atoms with E-state index in [9.17, 15) is 4.79 Å². The lowest BCUT2D eigenvalue weighted by Gasteiger charge is -2.20. The number of nitrogens with one attached hydrogen (secondary N) is 2. The standard InChI is InChI=1S/C9H18N6O2/c1-9(2,3)17-8(16)11-5-6(4-10)7-12-14-15-13-7/h6H,4-5,10H2,1-3H3,(H,11,16)(H,12,13,14,15). The summed E-state index contributed by atoms with van der Waals surface area (Å²) in [5, 5.41) is 16.0. The zero-order valence-electron chi connectivity index (χ0n) is 10.2. The zero-order chi connectivity index (χ0) is 12.9. The van der Waals surface area contributed by atoms with E-state index < -0.39 is 11.7 Å². The fourth-order valence-corrected chi connectivity index (χ4v) is 1.14. The number of nitrogens with zero attached hydrogens (tertiary/aromatic N) is 3. The van der Waals surface area contributed by atoms with Crippen molar-refractivity contribution in [3.8, 4) is 0 Å². The van der Waals surface area contributed by atoms with Crippen molar-refractivity contribution in [3.05, 3.63) is 5.82 Å². The molecule has 1 heterocycles. The number of hydrogen-bond acceptors (Lipinski definition) is 6. The molecule has 1 atom stereocenters. The van der Waals surface area contributed by atoms with Gasteiger partial charge in [0.2, 0.25) is 0 Å². The Bertz CT molecular complexity index is 345. The van der Waals surface area contributed by atoms with E-state index >= 15 is 0 Å². The van der Waals surface area contributed by atoms with Crippen LogP contribution in [-0.4, -0.2) is 45.4 Å². The second-order valence-electron chi connectivity index (χ2n) is 4.59. The molecule has 0 aliphatic rings. The van der Waals surface area contributed by atoms with Crippen LogP contribution in [0.2, 0.25) is 0 Å². The van der Waals surface area contributed by atoms with Gasteiger partial charge in [-0.3, -0.25) is 0 Å². The van der Waals surface area contributed by atoms with E-state index in [2.05, 4.69) is 25.9 Å². The highest BCUT2D eigenvalue weighted by atomic mass is 16.6. The van der Waals surface area contributed by atoms with Gasteiger partial charge in [-0.05, 0) is 20.8 Å². The number of ether oxygens (including phenoxy) is 1. The van der Waals surface area contributed by atoms with Gasteiger partial charge in [0.15, 0.2) is 5.82 Å². The number of carbonyl (C=O) groups excluding carboxylic acids is 1. The van der Waals surface area contributed by atoms with Gasteiger partial charge in [0, 0.05) is 13.1 Å². The summed E-state index contributed by atoms with van der Waals surface area (Å²) < 4.78 is 5.09. The Morgan fingerprint density at radius 2 is 2.29 bits per heavy atom. The molecule has 1 amide bonds. The second-order valence-corrected chi connectivity index (χ2v) is 4.59. The summed E-state index contributed by atoms with van der Waals surface area (Å²) in [7, 11) is 0. The number of amides is 1. The van der Waals surface area contributed by atoms with Gasteiger partial charge in [0.25, 0.3) is 0 Å². The quantitative estimate of drug-likeness (QED) is 0.670. The van der Waals surface area contributed by atoms with E-state index in [1.165, 1.54) is 0 Å². The first-order valence-corrected chi connectivity index (χ1v) is 5.32. The van der Waals surface area contributed by atoms with Gasteiger partial charge < -0.3 is 15.8 Å². The van der Waals surface area contributed by atoms with Gasteiger partial charge in [-0.1, -0.05) is 5.21 Å². The molecule has 0 aliphatic carbocycles. The highest BCUT2D eigenvalue weighted by molar-refractivity contribution is 5.67. The maximum atomic E-state index is 11.4. The molecule has 17 heavy (non-hydrogen) atoms. The molecule has 1 aromatic rings. The minimum atomic E-state index is -0.519. The second kappa shape index (κ2) is 5.58. The SMILES string of the molecule is CC(C)(C)OC(=O)NCC(CN)c1nn[nH]n1. The van der Waals surface area contributed by atoms with Crippen molar-refractivity contribution in [2.45, 2.75) is 32.3 Å². The molecule has 0 radical (unpaired) electrons. The molecule has 0 fully saturated rings. The Labute approximate surface area is 99.3 Å². The average molecular weight is 242 g/mol. The molecule has 0 spiro atoms. The average Bonchev–Trinajstić information content (AvgIpc) is 2.69. The highest BCUT2D eigenvalue weighted by Crippen LogP contribution is 2.08. The fourth-order valence-electron chi connectivity index (χ4n) is 1.14. The van der Waals surface area contributed by atoms with E-state index in [0.717, 1.165) is 0 Å². The van der Waals surface area contributed by atoms with Crippen molar-refractivity contribution < 1.29 is 9.53 Å². The number of hydrogen-bond donors (Lipinski definition) is 3. The fraction of sp³-hybridized carbons (Fsp3) is 0.778. The minimum absolute atomic E-state index is 0.179. The van der Waals surface area contributed by atoms with Crippen LogP contribution in [0.15, 0.2) is 0 Å². The van der Waals surface area contributed by atoms with Crippen molar-refractivity contribution in [2.24, 2.45) is 5.73 Å². The van der Waals surface area contributed by atoms with Crippen LogP contribution in [0.1, 0.15) is 32.5 Å². The molecule has 0 aliphatic heterocycles. The summed E-state index contributed by atoms with van der Waals surface area (Å²) in [6.07, 6.45) is -0.487. The van der Waals surface area contributed by atoms with E-state index in [-0.39, 0.29) is 5.92 Å². The van der Waals surface area contributed by atoms with E-state index in [1.54, 1.807) is 20.8 Å². The van der Waals surface area contributed by atoms with Gasteiger partial charge in [0.1, 0.15) is 5.60 Å². The topological polar surface area (TPSA) is 119 Å². The summed E-state index contributed by atoms with van der Waals surface area (Å²) in [5.41, 5.74) is 5.04. The Kier molecular flexibility index (Phi) is 4.38. The summed E-state index contributed by atoms with van der Waals surface area (Å²) in [6.45, 7) is 6.02. The number of rotatable bonds is 4. The monoisotopic (exact) mass is 242 g/mol. The van der Waals surface area contributed by atoms with E-state index in [1.807, 2.05) is 0 Å². The molecule has 96 valence electrons. The predicted octanol–water partition coefficient (Wildman–Crippen LogP) is -0.233.